The zero-order valence-electron chi connectivity index (χ0n) is 23.4. The molecule has 3 aliphatic heterocycles. The predicted octanol–water partition coefficient (Wildman–Crippen LogP) is 6.08. The summed E-state index contributed by atoms with van der Waals surface area (Å²) < 4.78 is 0. The summed E-state index contributed by atoms with van der Waals surface area (Å²) in [6, 6.07) is 21.1. The maximum atomic E-state index is 13.3. The molecule has 8 heteroatoms. The SMILES string of the molecule is O=C1Nc2ccc([N+](=O)[O-])cc2C1C(=Nc1ccc(CN2CCCC2)cc1)c1ccc(CCCN2CCCC2)cc1. The van der Waals surface area contributed by atoms with Gasteiger partial charge in [-0.3, -0.25) is 24.8 Å². The van der Waals surface area contributed by atoms with Crippen molar-refractivity contribution in [2.45, 2.75) is 51.0 Å². The summed E-state index contributed by atoms with van der Waals surface area (Å²) in [5, 5.41) is 14.5. The molecule has 41 heavy (non-hydrogen) atoms. The first-order valence-electron chi connectivity index (χ1n) is 14.8. The Morgan fingerprint density at radius 3 is 2.22 bits per heavy atom. The number of aliphatic imine (C=N–C) groups is 1. The smallest absolute Gasteiger partial charge is 0.269 e. The molecule has 3 heterocycles. The molecule has 1 amide bonds. The summed E-state index contributed by atoms with van der Waals surface area (Å²) in [6.07, 6.45) is 7.24. The van der Waals surface area contributed by atoms with Gasteiger partial charge in [-0.05, 0) is 106 Å². The van der Waals surface area contributed by atoms with Crippen molar-refractivity contribution in [2.75, 3.05) is 38.0 Å². The lowest BCUT2D eigenvalue weighted by Crippen LogP contribution is -2.22. The van der Waals surface area contributed by atoms with Gasteiger partial charge >= 0.3 is 0 Å². The Morgan fingerprint density at radius 2 is 1.54 bits per heavy atom. The molecule has 0 aromatic heterocycles. The van der Waals surface area contributed by atoms with Crippen molar-refractivity contribution < 1.29 is 9.72 Å². The van der Waals surface area contributed by atoms with E-state index in [4.69, 9.17) is 4.99 Å². The van der Waals surface area contributed by atoms with Crippen LogP contribution in [0.4, 0.5) is 17.1 Å². The number of carbonyl (C=O) groups excluding carboxylic acids is 1. The summed E-state index contributed by atoms with van der Waals surface area (Å²) >= 11 is 0. The molecule has 1 unspecified atom stereocenters. The zero-order chi connectivity index (χ0) is 28.2. The molecule has 0 saturated carbocycles. The number of nitro groups is 1. The lowest BCUT2D eigenvalue weighted by Gasteiger charge is -2.16. The van der Waals surface area contributed by atoms with Gasteiger partial charge in [0.1, 0.15) is 5.92 Å². The van der Waals surface area contributed by atoms with Crippen LogP contribution < -0.4 is 5.32 Å². The highest BCUT2D eigenvalue weighted by atomic mass is 16.6. The maximum Gasteiger partial charge on any atom is 0.269 e. The van der Waals surface area contributed by atoms with Crippen molar-refractivity contribution in [2.24, 2.45) is 4.99 Å². The van der Waals surface area contributed by atoms with Gasteiger partial charge in [-0.15, -0.1) is 0 Å². The van der Waals surface area contributed by atoms with Crippen molar-refractivity contribution in [3.05, 3.63) is 99.1 Å². The fraction of sp³-hybridized carbons (Fsp3) is 0.394. The Balaban J connectivity index is 1.29. The van der Waals surface area contributed by atoms with Crippen molar-refractivity contribution in [1.82, 2.24) is 9.80 Å². The largest absolute Gasteiger partial charge is 0.325 e. The molecule has 3 aromatic rings. The third-order valence-electron chi connectivity index (χ3n) is 8.53. The molecule has 2 saturated heterocycles. The molecule has 212 valence electrons. The second kappa shape index (κ2) is 12.3. The molecule has 3 aliphatic rings. The van der Waals surface area contributed by atoms with Crippen LogP contribution in [-0.2, 0) is 17.8 Å². The quantitative estimate of drug-likeness (QED) is 0.187. The van der Waals surface area contributed by atoms with Crippen molar-refractivity contribution in [3.8, 4) is 0 Å². The van der Waals surface area contributed by atoms with Crippen molar-refractivity contribution in [1.29, 1.82) is 0 Å². The van der Waals surface area contributed by atoms with Gasteiger partial charge in [0.25, 0.3) is 5.69 Å². The van der Waals surface area contributed by atoms with Crippen LogP contribution in [-0.4, -0.2) is 59.1 Å². The Bertz CT molecular complexity index is 1420. The second-order valence-corrected chi connectivity index (χ2v) is 11.4. The first-order chi connectivity index (χ1) is 20.0. The fourth-order valence-corrected chi connectivity index (χ4v) is 6.30. The van der Waals surface area contributed by atoms with Crippen molar-refractivity contribution >= 4 is 28.7 Å². The van der Waals surface area contributed by atoms with Crippen LogP contribution in [0.25, 0.3) is 0 Å². The average Bonchev–Trinajstić information content (AvgIpc) is 3.75. The average molecular weight is 552 g/mol. The number of rotatable bonds is 10. The molecule has 0 radical (unpaired) electrons. The number of hydrogen-bond acceptors (Lipinski definition) is 6. The summed E-state index contributed by atoms with van der Waals surface area (Å²) in [7, 11) is 0. The lowest BCUT2D eigenvalue weighted by molar-refractivity contribution is -0.384. The van der Waals surface area contributed by atoms with Crippen LogP contribution in [0.1, 0.15) is 60.3 Å². The number of likely N-dealkylation sites (tertiary alicyclic amines) is 2. The number of benzene rings is 3. The molecule has 2 fully saturated rings. The van der Waals surface area contributed by atoms with Gasteiger partial charge in [-0.1, -0.05) is 36.4 Å². The molecular formula is C33H37N5O3. The predicted molar refractivity (Wildman–Crippen MR) is 162 cm³/mol. The number of anilines is 1. The number of carbonyl (C=O) groups is 1. The van der Waals surface area contributed by atoms with Gasteiger partial charge < -0.3 is 10.2 Å². The van der Waals surface area contributed by atoms with Crippen LogP contribution in [0.3, 0.4) is 0 Å². The van der Waals surface area contributed by atoms with Crippen LogP contribution in [0.5, 0.6) is 0 Å². The number of fused-ring (bicyclic) bond motifs is 1. The summed E-state index contributed by atoms with van der Waals surface area (Å²) in [6.45, 7) is 6.75. The third kappa shape index (κ3) is 6.39. The number of hydrogen-bond donors (Lipinski definition) is 1. The van der Waals surface area contributed by atoms with E-state index in [1.54, 1.807) is 6.07 Å². The first kappa shape index (κ1) is 27.3. The number of amides is 1. The number of nitro benzene ring substituents is 1. The molecular weight excluding hydrogens is 514 g/mol. The Morgan fingerprint density at radius 1 is 0.878 bits per heavy atom. The summed E-state index contributed by atoms with van der Waals surface area (Å²) in [5.41, 5.74) is 5.83. The number of nitrogens with one attached hydrogen (secondary N) is 1. The topological polar surface area (TPSA) is 91.1 Å². The lowest BCUT2D eigenvalue weighted by atomic mass is 9.89. The van der Waals surface area contributed by atoms with Gasteiger partial charge in [0.15, 0.2) is 0 Å². The van der Waals surface area contributed by atoms with E-state index >= 15 is 0 Å². The molecule has 3 aromatic carbocycles. The third-order valence-corrected chi connectivity index (χ3v) is 8.53. The molecule has 0 aliphatic carbocycles. The molecule has 0 bridgehead atoms. The monoisotopic (exact) mass is 551 g/mol. The van der Waals surface area contributed by atoms with E-state index in [0.717, 1.165) is 50.3 Å². The number of aryl methyl sites for hydroxylation is 1. The molecule has 1 N–H and O–H groups in total. The first-order valence-corrected chi connectivity index (χ1v) is 14.8. The normalized spacial score (nSPS) is 19.5. The van der Waals surface area contributed by atoms with Gasteiger partial charge in [-0.2, -0.15) is 0 Å². The van der Waals surface area contributed by atoms with Crippen LogP contribution in [0.15, 0.2) is 71.7 Å². The Labute approximate surface area is 241 Å². The van der Waals surface area contributed by atoms with E-state index in [1.165, 1.54) is 62.0 Å². The Kier molecular flexibility index (Phi) is 8.21. The highest BCUT2D eigenvalue weighted by Crippen LogP contribution is 2.38. The molecule has 6 rings (SSSR count). The minimum Gasteiger partial charge on any atom is -0.325 e. The van der Waals surface area contributed by atoms with Gasteiger partial charge in [0.05, 0.1) is 16.3 Å². The van der Waals surface area contributed by atoms with Gasteiger partial charge in [0.2, 0.25) is 5.91 Å². The summed E-state index contributed by atoms with van der Waals surface area (Å²) in [4.78, 5) is 34.5. The minimum atomic E-state index is -0.741. The van der Waals surface area contributed by atoms with E-state index in [9.17, 15) is 14.9 Å². The van der Waals surface area contributed by atoms with E-state index in [1.807, 2.05) is 24.3 Å². The molecule has 0 spiro atoms. The van der Waals surface area contributed by atoms with Crippen LogP contribution in [0.2, 0.25) is 0 Å². The fourth-order valence-electron chi connectivity index (χ4n) is 6.30. The minimum absolute atomic E-state index is 0.0378. The standard InChI is InChI=1S/C33H37N5O3/c39-33-31(29-22-28(38(40)41)15-16-30(29)35-33)32(34-27-13-9-25(10-14-27)23-37-19-3-4-20-37)26-11-7-24(8-12-26)6-5-21-36-17-1-2-18-36/h7-16,22,31H,1-6,17-21,23H2,(H,35,39). The highest BCUT2D eigenvalue weighted by Gasteiger charge is 2.36. The molecule has 8 nitrogen and oxygen atoms in total. The van der Waals surface area contributed by atoms with Crippen LogP contribution in [0, 0.1) is 10.1 Å². The van der Waals surface area contributed by atoms with Crippen LogP contribution >= 0.6 is 0 Å². The zero-order valence-corrected chi connectivity index (χ0v) is 23.4. The highest BCUT2D eigenvalue weighted by molar-refractivity contribution is 6.24. The maximum absolute atomic E-state index is 13.3. The Hall–Kier alpha value is -3.88. The van der Waals surface area contributed by atoms with E-state index in [-0.39, 0.29) is 11.6 Å². The number of nitrogens with zero attached hydrogens (tertiary/aromatic N) is 4. The van der Waals surface area contributed by atoms with Crippen molar-refractivity contribution in [3.63, 3.8) is 0 Å². The molecule has 1 atom stereocenters. The second-order valence-electron chi connectivity index (χ2n) is 11.4. The van der Waals surface area contributed by atoms with E-state index < -0.39 is 10.8 Å². The van der Waals surface area contributed by atoms with Gasteiger partial charge in [0, 0.05) is 29.9 Å². The van der Waals surface area contributed by atoms with Gasteiger partial charge in [-0.25, -0.2) is 0 Å². The van der Waals surface area contributed by atoms with E-state index in [0.29, 0.717) is 17.0 Å². The van der Waals surface area contributed by atoms with E-state index in [2.05, 4.69) is 39.4 Å². The number of non-ortho nitro benzene ring substituents is 1. The summed E-state index contributed by atoms with van der Waals surface area (Å²) in [5.74, 6) is -0.963.